The molecule has 2 aliphatic rings. The van der Waals surface area contributed by atoms with Gasteiger partial charge in [-0.1, -0.05) is 6.92 Å². The Morgan fingerprint density at radius 1 is 1.67 bits per heavy atom. The molecule has 0 saturated heterocycles. The van der Waals surface area contributed by atoms with E-state index in [0.29, 0.717) is 6.42 Å². The first-order valence-electron chi connectivity index (χ1n) is 4.27. The van der Waals surface area contributed by atoms with Crippen LogP contribution < -0.4 is 0 Å². The van der Waals surface area contributed by atoms with Gasteiger partial charge in [-0.3, -0.25) is 9.59 Å². The smallest absolute Gasteiger partial charge is 0.319 e. The molecule has 3 nitrogen and oxygen atoms in total. The van der Waals surface area contributed by atoms with Crippen molar-refractivity contribution in [2.45, 2.75) is 19.8 Å². The number of fused-ring (bicyclic) bond motifs is 1. The molecule has 12 heavy (non-hydrogen) atoms. The number of methoxy groups -OCH3 is 1. The number of hydrogen-bond acceptors (Lipinski definition) is 3. The third kappa shape index (κ3) is 0.586. The van der Waals surface area contributed by atoms with Crippen molar-refractivity contribution in [1.82, 2.24) is 0 Å². The molecule has 0 aromatic rings. The van der Waals surface area contributed by atoms with Crippen LogP contribution >= 0.6 is 0 Å². The fourth-order valence-corrected chi connectivity index (χ4v) is 2.70. The molecule has 0 unspecified atom stereocenters. The summed E-state index contributed by atoms with van der Waals surface area (Å²) >= 11 is 0. The molecule has 2 fully saturated rings. The molecule has 3 atom stereocenters. The molecule has 2 rings (SSSR count). The normalized spacial score (nSPS) is 44.0. The van der Waals surface area contributed by atoms with Crippen molar-refractivity contribution in [2.75, 3.05) is 7.11 Å². The molecule has 3 heteroatoms. The van der Waals surface area contributed by atoms with Gasteiger partial charge in [0.2, 0.25) is 0 Å². The quantitative estimate of drug-likeness (QED) is 0.429. The Hall–Kier alpha value is -0.860. The van der Waals surface area contributed by atoms with Crippen molar-refractivity contribution in [1.29, 1.82) is 0 Å². The average molecular weight is 168 g/mol. The molecular formula is C9H12O3. The minimum Gasteiger partial charge on any atom is -0.468 e. The zero-order valence-electron chi connectivity index (χ0n) is 7.29. The van der Waals surface area contributed by atoms with Gasteiger partial charge in [0, 0.05) is 6.42 Å². The second-order valence-electron chi connectivity index (χ2n) is 3.72. The fraction of sp³-hybridized carbons (Fsp3) is 0.778. The van der Waals surface area contributed by atoms with Crippen molar-refractivity contribution in [3.05, 3.63) is 0 Å². The number of esters is 1. The molecule has 0 aromatic carbocycles. The number of ketones is 1. The number of carbonyl (C=O) groups excluding carboxylic acids is 2. The zero-order valence-corrected chi connectivity index (χ0v) is 7.29. The number of carbonyl (C=O) groups is 2. The maximum atomic E-state index is 11.4. The standard InChI is InChI=1S/C9H12O3/c1-5-6-3-4-7(10)9(5,6)8(11)12-2/h5-6H,3-4H2,1-2H3/t5-,6+,9+/m0/s1. The van der Waals surface area contributed by atoms with E-state index in [1.54, 1.807) is 0 Å². The predicted molar refractivity (Wildman–Crippen MR) is 41.3 cm³/mol. The van der Waals surface area contributed by atoms with E-state index in [1.807, 2.05) is 6.92 Å². The van der Waals surface area contributed by atoms with Crippen LogP contribution in [0.4, 0.5) is 0 Å². The summed E-state index contributed by atoms with van der Waals surface area (Å²) in [6.07, 6.45) is 1.43. The monoisotopic (exact) mass is 168 g/mol. The lowest BCUT2D eigenvalue weighted by Gasteiger charge is -2.08. The first-order chi connectivity index (χ1) is 5.65. The second-order valence-corrected chi connectivity index (χ2v) is 3.72. The first-order valence-corrected chi connectivity index (χ1v) is 4.27. The molecule has 0 bridgehead atoms. The summed E-state index contributed by atoms with van der Waals surface area (Å²) in [7, 11) is 1.35. The van der Waals surface area contributed by atoms with Crippen LogP contribution in [0.2, 0.25) is 0 Å². The summed E-state index contributed by atoms with van der Waals surface area (Å²) in [4.78, 5) is 22.8. The molecule has 0 radical (unpaired) electrons. The van der Waals surface area contributed by atoms with Gasteiger partial charge >= 0.3 is 5.97 Å². The molecular weight excluding hydrogens is 156 g/mol. The van der Waals surface area contributed by atoms with Gasteiger partial charge in [0.05, 0.1) is 7.11 Å². The Labute approximate surface area is 71.1 Å². The third-order valence-corrected chi connectivity index (χ3v) is 3.46. The highest BCUT2D eigenvalue weighted by atomic mass is 16.5. The van der Waals surface area contributed by atoms with E-state index in [4.69, 9.17) is 0 Å². The maximum absolute atomic E-state index is 11.4. The maximum Gasteiger partial charge on any atom is 0.319 e. The van der Waals surface area contributed by atoms with Crippen LogP contribution in [0, 0.1) is 17.3 Å². The van der Waals surface area contributed by atoms with Crippen molar-refractivity contribution < 1.29 is 14.3 Å². The minimum atomic E-state index is -0.714. The number of Topliss-reactive ketones (excluding diaryl/α,β-unsaturated/α-hetero) is 1. The summed E-state index contributed by atoms with van der Waals surface area (Å²) in [5.74, 6) is 0.262. The van der Waals surface area contributed by atoms with Crippen molar-refractivity contribution in [3.63, 3.8) is 0 Å². The summed E-state index contributed by atoms with van der Waals surface area (Å²) < 4.78 is 4.66. The van der Waals surface area contributed by atoms with E-state index in [0.717, 1.165) is 6.42 Å². The minimum absolute atomic E-state index is 0.0897. The molecule has 2 aliphatic carbocycles. The van der Waals surface area contributed by atoms with Gasteiger partial charge in [-0.2, -0.15) is 0 Å². The third-order valence-electron chi connectivity index (χ3n) is 3.46. The molecule has 2 saturated carbocycles. The lowest BCUT2D eigenvalue weighted by atomic mass is 9.99. The average Bonchev–Trinajstić information content (AvgIpc) is 2.48. The first kappa shape index (κ1) is 7.77. The van der Waals surface area contributed by atoms with Gasteiger partial charge in [0.25, 0.3) is 0 Å². The van der Waals surface area contributed by atoms with Crippen molar-refractivity contribution >= 4 is 11.8 Å². The van der Waals surface area contributed by atoms with Crippen molar-refractivity contribution in [2.24, 2.45) is 17.3 Å². The van der Waals surface area contributed by atoms with Crippen LogP contribution in [0.3, 0.4) is 0 Å². The fourth-order valence-electron chi connectivity index (χ4n) is 2.70. The lowest BCUT2D eigenvalue weighted by Crippen LogP contribution is -2.27. The summed E-state index contributed by atoms with van der Waals surface area (Å²) in [5, 5.41) is 0. The van der Waals surface area contributed by atoms with Crippen LogP contribution in [-0.2, 0) is 14.3 Å². The number of rotatable bonds is 1. The van der Waals surface area contributed by atoms with E-state index in [1.165, 1.54) is 7.11 Å². The Morgan fingerprint density at radius 2 is 2.33 bits per heavy atom. The highest BCUT2D eigenvalue weighted by Crippen LogP contribution is 2.66. The van der Waals surface area contributed by atoms with Gasteiger partial charge in [-0.25, -0.2) is 0 Å². The second kappa shape index (κ2) is 2.09. The largest absolute Gasteiger partial charge is 0.468 e. The van der Waals surface area contributed by atoms with Gasteiger partial charge in [0.15, 0.2) is 5.78 Å². The summed E-state index contributed by atoms with van der Waals surface area (Å²) in [5.41, 5.74) is -0.714. The van der Waals surface area contributed by atoms with Gasteiger partial charge in [0.1, 0.15) is 5.41 Å². The molecule has 0 spiro atoms. The molecule has 66 valence electrons. The lowest BCUT2D eigenvalue weighted by molar-refractivity contribution is -0.151. The van der Waals surface area contributed by atoms with Crippen LogP contribution in [0.1, 0.15) is 19.8 Å². The van der Waals surface area contributed by atoms with E-state index >= 15 is 0 Å². The van der Waals surface area contributed by atoms with Crippen LogP contribution in [0.25, 0.3) is 0 Å². The van der Waals surface area contributed by atoms with E-state index < -0.39 is 5.41 Å². The number of hydrogen-bond donors (Lipinski definition) is 0. The van der Waals surface area contributed by atoms with E-state index in [-0.39, 0.29) is 23.6 Å². The Morgan fingerprint density at radius 3 is 2.75 bits per heavy atom. The molecule has 0 aromatic heterocycles. The Balaban J connectivity index is 2.31. The van der Waals surface area contributed by atoms with Crippen LogP contribution in [0.15, 0.2) is 0 Å². The molecule has 0 N–H and O–H groups in total. The Kier molecular flexibility index (Phi) is 1.35. The van der Waals surface area contributed by atoms with Gasteiger partial charge in [-0.15, -0.1) is 0 Å². The van der Waals surface area contributed by atoms with Crippen LogP contribution in [0.5, 0.6) is 0 Å². The highest BCUT2D eigenvalue weighted by molar-refractivity contribution is 6.09. The van der Waals surface area contributed by atoms with Gasteiger partial charge in [-0.05, 0) is 18.3 Å². The predicted octanol–water partition coefficient (Wildman–Crippen LogP) is 0.775. The van der Waals surface area contributed by atoms with E-state index in [2.05, 4.69) is 4.74 Å². The van der Waals surface area contributed by atoms with Crippen LogP contribution in [-0.4, -0.2) is 18.9 Å². The molecule has 0 aliphatic heterocycles. The summed E-state index contributed by atoms with van der Waals surface area (Å²) in [6, 6.07) is 0. The SMILES string of the molecule is COC(=O)[C@@]12C(=O)CC[C@@H]1[C@@H]2C. The number of ether oxygens (including phenoxy) is 1. The van der Waals surface area contributed by atoms with Gasteiger partial charge < -0.3 is 4.74 Å². The topological polar surface area (TPSA) is 43.4 Å². The molecule has 0 heterocycles. The van der Waals surface area contributed by atoms with E-state index in [9.17, 15) is 9.59 Å². The summed E-state index contributed by atoms with van der Waals surface area (Å²) in [6.45, 7) is 1.96. The highest BCUT2D eigenvalue weighted by Gasteiger charge is 2.74. The van der Waals surface area contributed by atoms with Crippen molar-refractivity contribution in [3.8, 4) is 0 Å². The Bertz CT molecular complexity index is 258. The molecule has 0 amide bonds. The zero-order chi connectivity index (χ0) is 8.93.